The van der Waals surface area contributed by atoms with E-state index in [9.17, 15) is 4.79 Å². The molecule has 2 rings (SSSR count). The van der Waals surface area contributed by atoms with E-state index in [1.54, 1.807) is 0 Å². The molecule has 0 spiro atoms. The lowest BCUT2D eigenvalue weighted by Gasteiger charge is -2.26. The van der Waals surface area contributed by atoms with Crippen molar-refractivity contribution < 1.29 is 9.90 Å². The zero-order valence-electron chi connectivity index (χ0n) is 12.1. The highest BCUT2D eigenvalue weighted by molar-refractivity contribution is 5.82. The van der Waals surface area contributed by atoms with Gasteiger partial charge in [-0.15, -0.1) is 0 Å². The van der Waals surface area contributed by atoms with Gasteiger partial charge in [0.2, 0.25) is 5.91 Å². The van der Waals surface area contributed by atoms with Crippen LogP contribution in [0.1, 0.15) is 30.9 Å². The Balaban J connectivity index is 1.85. The average molecular weight is 276 g/mol. The highest BCUT2D eigenvalue weighted by Crippen LogP contribution is 2.16. The molecule has 0 fully saturated rings. The molecule has 2 unspecified atom stereocenters. The number of benzene rings is 1. The van der Waals surface area contributed by atoms with Gasteiger partial charge in [0.15, 0.2) is 0 Å². The first kappa shape index (κ1) is 15.0. The Morgan fingerprint density at radius 2 is 2.20 bits per heavy atom. The van der Waals surface area contributed by atoms with Crippen molar-refractivity contribution >= 4 is 5.91 Å². The Hall–Kier alpha value is -1.39. The lowest BCUT2D eigenvalue weighted by molar-refractivity contribution is -0.123. The molecule has 1 aromatic rings. The van der Waals surface area contributed by atoms with E-state index in [4.69, 9.17) is 5.11 Å². The highest BCUT2D eigenvalue weighted by atomic mass is 16.3. The molecule has 20 heavy (non-hydrogen) atoms. The van der Waals surface area contributed by atoms with Crippen LogP contribution in [0.5, 0.6) is 0 Å². The topological polar surface area (TPSA) is 61.4 Å². The summed E-state index contributed by atoms with van der Waals surface area (Å²) in [6.07, 6.45) is 2.47. The second-order valence-corrected chi connectivity index (χ2v) is 5.44. The lowest BCUT2D eigenvalue weighted by atomic mass is 9.95. The summed E-state index contributed by atoms with van der Waals surface area (Å²) in [6, 6.07) is 8.10. The normalized spacial score (nSPS) is 19.2. The van der Waals surface area contributed by atoms with Crippen molar-refractivity contribution in [1.29, 1.82) is 0 Å². The summed E-state index contributed by atoms with van der Waals surface area (Å²) >= 11 is 0. The van der Waals surface area contributed by atoms with Crippen LogP contribution in [-0.2, 0) is 17.8 Å². The van der Waals surface area contributed by atoms with Crippen LogP contribution in [0.2, 0.25) is 0 Å². The number of aliphatic hydroxyl groups excluding tert-OH is 1. The van der Waals surface area contributed by atoms with Gasteiger partial charge in [-0.3, -0.25) is 4.79 Å². The largest absolute Gasteiger partial charge is 0.396 e. The van der Waals surface area contributed by atoms with Crippen LogP contribution in [0.4, 0.5) is 0 Å². The third-order valence-electron chi connectivity index (χ3n) is 4.08. The van der Waals surface area contributed by atoms with Crippen molar-refractivity contribution in [2.45, 2.75) is 38.8 Å². The molecule has 0 saturated heterocycles. The van der Waals surface area contributed by atoms with Crippen LogP contribution in [0.15, 0.2) is 24.3 Å². The zero-order valence-corrected chi connectivity index (χ0v) is 12.1. The molecule has 0 radical (unpaired) electrons. The summed E-state index contributed by atoms with van der Waals surface area (Å²) in [6.45, 7) is 3.67. The number of hydrogen-bond donors (Lipinski definition) is 3. The first-order chi connectivity index (χ1) is 9.74. The number of aliphatic hydroxyl groups is 1. The first-order valence-electron chi connectivity index (χ1n) is 7.43. The fraction of sp³-hybridized carbons (Fsp3) is 0.562. The van der Waals surface area contributed by atoms with Crippen molar-refractivity contribution in [3.63, 3.8) is 0 Å². The summed E-state index contributed by atoms with van der Waals surface area (Å²) in [4.78, 5) is 12.2. The summed E-state index contributed by atoms with van der Waals surface area (Å²) in [7, 11) is 0. The zero-order chi connectivity index (χ0) is 14.4. The molecular formula is C16H24N2O2. The van der Waals surface area contributed by atoms with Gasteiger partial charge >= 0.3 is 0 Å². The maximum absolute atomic E-state index is 12.2. The van der Waals surface area contributed by atoms with E-state index in [2.05, 4.69) is 29.7 Å². The molecule has 1 amide bonds. The van der Waals surface area contributed by atoms with Gasteiger partial charge < -0.3 is 15.7 Å². The minimum Gasteiger partial charge on any atom is -0.396 e. The minimum atomic E-state index is -0.142. The monoisotopic (exact) mass is 276 g/mol. The first-order valence-corrected chi connectivity index (χ1v) is 7.43. The van der Waals surface area contributed by atoms with Gasteiger partial charge in [-0.1, -0.05) is 37.6 Å². The third kappa shape index (κ3) is 3.81. The highest BCUT2D eigenvalue weighted by Gasteiger charge is 2.23. The van der Waals surface area contributed by atoms with E-state index >= 15 is 0 Å². The smallest absolute Gasteiger partial charge is 0.237 e. The number of amides is 1. The van der Waals surface area contributed by atoms with Crippen molar-refractivity contribution in [3.8, 4) is 0 Å². The van der Waals surface area contributed by atoms with Gasteiger partial charge in [-0.25, -0.2) is 0 Å². The molecule has 3 N–H and O–H groups in total. The quantitative estimate of drug-likeness (QED) is 0.732. The van der Waals surface area contributed by atoms with E-state index in [1.807, 2.05) is 12.1 Å². The molecule has 110 valence electrons. The summed E-state index contributed by atoms with van der Waals surface area (Å²) in [5.41, 5.74) is 2.54. The van der Waals surface area contributed by atoms with Crippen LogP contribution in [0.25, 0.3) is 0 Å². The Labute approximate surface area is 120 Å². The van der Waals surface area contributed by atoms with Gasteiger partial charge in [0.05, 0.1) is 6.04 Å². The number of carbonyl (C=O) groups excluding carboxylic acids is 1. The number of carbonyl (C=O) groups is 1. The van der Waals surface area contributed by atoms with Crippen molar-refractivity contribution in [3.05, 3.63) is 35.4 Å². The lowest BCUT2D eigenvalue weighted by Crippen LogP contribution is -2.48. The molecular weight excluding hydrogens is 252 g/mol. The molecule has 1 aliphatic rings. The Kier molecular flexibility index (Phi) is 5.56. The van der Waals surface area contributed by atoms with E-state index in [0.717, 1.165) is 25.8 Å². The molecule has 1 aromatic carbocycles. The number of rotatable bonds is 6. The minimum absolute atomic E-state index is 0.0656. The number of hydrogen-bond acceptors (Lipinski definition) is 3. The Bertz CT molecular complexity index is 448. The van der Waals surface area contributed by atoms with Crippen LogP contribution >= 0.6 is 0 Å². The summed E-state index contributed by atoms with van der Waals surface area (Å²) in [5, 5.41) is 15.3. The number of fused-ring (bicyclic) bond motifs is 1. The maximum Gasteiger partial charge on any atom is 0.237 e. The molecule has 0 saturated carbocycles. The second kappa shape index (κ2) is 7.41. The number of nitrogens with one attached hydrogen (secondary N) is 2. The van der Waals surface area contributed by atoms with Crippen LogP contribution in [-0.4, -0.2) is 30.2 Å². The predicted molar refractivity (Wildman–Crippen MR) is 79.3 cm³/mol. The molecule has 2 atom stereocenters. The molecule has 0 bridgehead atoms. The average Bonchev–Trinajstić information content (AvgIpc) is 2.50. The van der Waals surface area contributed by atoms with E-state index in [0.29, 0.717) is 12.5 Å². The van der Waals surface area contributed by atoms with Crippen LogP contribution in [0.3, 0.4) is 0 Å². The van der Waals surface area contributed by atoms with Gasteiger partial charge in [0, 0.05) is 19.7 Å². The fourth-order valence-corrected chi connectivity index (χ4v) is 2.64. The SMILES string of the molecule is CCC(CCO)CNC(=O)C1Cc2ccccc2CN1. The molecule has 0 aliphatic carbocycles. The van der Waals surface area contributed by atoms with Crippen LogP contribution < -0.4 is 10.6 Å². The van der Waals surface area contributed by atoms with E-state index in [-0.39, 0.29) is 18.6 Å². The fourth-order valence-electron chi connectivity index (χ4n) is 2.64. The van der Waals surface area contributed by atoms with Gasteiger partial charge in [-0.2, -0.15) is 0 Å². The van der Waals surface area contributed by atoms with E-state index in [1.165, 1.54) is 11.1 Å². The van der Waals surface area contributed by atoms with Gasteiger partial charge in [-0.05, 0) is 29.9 Å². The summed E-state index contributed by atoms with van der Waals surface area (Å²) < 4.78 is 0. The molecule has 4 nitrogen and oxygen atoms in total. The van der Waals surface area contributed by atoms with E-state index < -0.39 is 0 Å². The standard InChI is InChI=1S/C16H24N2O2/c1-2-12(7-8-19)10-18-16(20)15-9-13-5-3-4-6-14(13)11-17-15/h3-6,12,15,17,19H,2,7-11H2,1H3,(H,18,20). The Morgan fingerprint density at radius 1 is 1.45 bits per heavy atom. The van der Waals surface area contributed by atoms with Crippen molar-refractivity contribution in [2.75, 3.05) is 13.2 Å². The second-order valence-electron chi connectivity index (χ2n) is 5.44. The molecule has 1 heterocycles. The Morgan fingerprint density at radius 3 is 2.90 bits per heavy atom. The van der Waals surface area contributed by atoms with Gasteiger partial charge in [0.25, 0.3) is 0 Å². The maximum atomic E-state index is 12.2. The molecule has 0 aromatic heterocycles. The van der Waals surface area contributed by atoms with Crippen LogP contribution in [0, 0.1) is 5.92 Å². The third-order valence-corrected chi connectivity index (χ3v) is 4.08. The van der Waals surface area contributed by atoms with Gasteiger partial charge in [0.1, 0.15) is 0 Å². The molecule has 4 heteroatoms. The molecule has 1 aliphatic heterocycles. The summed E-state index contributed by atoms with van der Waals surface area (Å²) in [5.74, 6) is 0.427. The van der Waals surface area contributed by atoms with Crippen molar-refractivity contribution in [1.82, 2.24) is 10.6 Å². The van der Waals surface area contributed by atoms with Crippen molar-refractivity contribution in [2.24, 2.45) is 5.92 Å². The predicted octanol–water partition coefficient (Wildman–Crippen LogP) is 1.23.